The second kappa shape index (κ2) is 8.12. The molecule has 17 heavy (non-hydrogen) atoms. The molecule has 1 nitrogen and oxygen atoms in total. The van der Waals surface area contributed by atoms with E-state index < -0.39 is 0 Å². The number of benzene rings is 1. The summed E-state index contributed by atoms with van der Waals surface area (Å²) < 4.78 is 1.00. The molecule has 1 aromatic carbocycles. The van der Waals surface area contributed by atoms with Crippen LogP contribution < -0.4 is 5.73 Å². The minimum absolute atomic E-state index is 0.0669. The summed E-state index contributed by atoms with van der Waals surface area (Å²) in [5.74, 6) is 0. The molecule has 0 heterocycles. The van der Waals surface area contributed by atoms with Crippen LogP contribution in [0.3, 0.4) is 0 Å². The lowest BCUT2D eigenvalue weighted by atomic mass is 10.0. The first kappa shape index (κ1) is 15.0. The zero-order valence-corrected chi connectivity index (χ0v) is 12.7. The zero-order valence-electron chi connectivity index (χ0n) is 10.4. The van der Waals surface area contributed by atoms with Crippen LogP contribution in [0.25, 0.3) is 0 Å². The quantitative estimate of drug-likeness (QED) is 0.663. The maximum absolute atomic E-state index is 6.18. The topological polar surface area (TPSA) is 26.0 Å². The van der Waals surface area contributed by atoms with E-state index in [1.165, 1.54) is 32.1 Å². The van der Waals surface area contributed by atoms with Crippen LogP contribution in [-0.2, 0) is 0 Å². The molecule has 0 aliphatic rings. The van der Waals surface area contributed by atoms with E-state index in [1.54, 1.807) is 0 Å². The number of hydrogen-bond donors (Lipinski definition) is 1. The Morgan fingerprint density at radius 1 is 1.24 bits per heavy atom. The van der Waals surface area contributed by atoms with Gasteiger partial charge in [-0.25, -0.2) is 0 Å². The van der Waals surface area contributed by atoms with Crippen molar-refractivity contribution in [2.24, 2.45) is 5.73 Å². The van der Waals surface area contributed by atoms with E-state index in [1.807, 2.05) is 18.2 Å². The molecule has 0 fully saturated rings. The lowest BCUT2D eigenvalue weighted by Crippen LogP contribution is -2.10. The number of unbranched alkanes of at least 4 members (excludes halogenated alkanes) is 4. The molecule has 1 atom stereocenters. The second-order valence-corrected chi connectivity index (χ2v) is 5.80. The third-order valence-corrected chi connectivity index (χ3v) is 3.80. The predicted octanol–water partition coefficient (Wildman–Crippen LogP) is 5.46. The fraction of sp³-hybridized carbons (Fsp3) is 0.571. The van der Waals surface area contributed by atoms with Crippen LogP contribution in [0.2, 0.25) is 5.02 Å². The SMILES string of the molecule is CCCCCCCC(N)c1ccc(Br)cc1Cl. The first-order chi connectivity index (χ1) is 8.15. The molecule has 0 amide bonds. The van der Waals surface area contributed by atoms with Crippen molar-refractivity contribution in [2.75, 3.05) is 0 Å². The molecule has 3 heteroatoms. The highest BCUT2D eigenvalue weighted by molar-refractivity contribution is 9.10. The molecule has 1 rings (SSSR count). The van der Waals surface area contributed by atoms with Gasteiger partial charge in [-0.1, -0.05) is 72.6 Å². The largest absolute Gasteiger partial charge is 0.324 e. The van der Waals surface area contributed by atoms with Crippen molar-refractivity contribution in [1.29, 1.82) is 0 Å². The summed E-state index contributed by atoms with van der Waals surface area (Å²) in [6, 6.07) is 5.99. The van der Waals surface area contributed by atoms with Gasteiger partial charge in [-0.15, -0.1) is 0 Å². The van der Waals surface area contributed by atoms with E-state index in [4.69, 9.17) is 17.3 Å². The molecule has 0 radical (unpaired) electrons. The Morgan fingerprint density at radius 2 is 1.94 bits per heavy atom. The van der Waals surface area contributed by atoms with Gasteiger partial charge in [0.2, 0.25) is 0 Å². The Labute approximate surface area is 118 Å². The molecular weight excluding hydrogens is 298 g/mol. The van der Waals surface area contributed by atoms with Crippen molar-refractivity contribution in [3.63, 3.8) is 0 Å². The highest BCUT2D eigenvalue weighted by Crippen LogP contribution is 2.28. The molecule has 0 saturated heterocycles. The average molecular weight is 319 g/mol. The third-order valence-electron chi connectivity index (χ3n) is 2.98. The van der Waals surface area contributed by atoms with E-state index in [0.717, 1.165) is 21.5 Å². The van der Waals surface area contributed by atoms with Crippen LogP contribution in [0, 0.1) is 0 Å². The minimum atomic E-state index is 0.0669. The van der Waals surface area contributed by atoms with Crippen molar-refractivity contribution >= 4 is 27.5 Å². The van der Waals surface area contributed by atoms with E-state index in [-0.39, 0.29) is 6.04 Å². The van der Waals surface area contributed by atoms with Crippen LogP contribution in [0.15, 0.2) is 22.7 Å². The smallest absolute Gasteiger partial charge is 0.0464 e. The summed E-state index contributed by atoms with van der Waals surface area (Å²) in [4.78, 5) is 0. The normalized spacial score (nSPS) is 12.7. The Kier molecular flexibility index (Phi) is 7.17. The lowest BCUT2D eigenvalue weighted by molar-refractivity contribution is 0.555. The van der Waals surface area contributed by atoms with Gasteiger partial charge >= 0.3 is 0 Å². The van der Waals surface area contributed by atoms with Crippen LogP contribution in [0.4, 0.5) is 0 Å². The maximum atomic E-state index is 6.18. The van der Waals surface area contributed by atoms with E-state index >= 15 is 0 Å². The van der Waals surface area contributed by atoms with Gasteiger partial charge < -0.3 is 5.73 Å². The van der Waals surface area contributed by atoms with Gasteiger partial charge in [-0.3, -0.25) is 0 Å². The van der Waals surface area contributed by atoms with Crippen LogP contribution in [0.1, 0.15) is 57.1 Å². The summed E-state index contributed by atoms with van der Waals surface area (Å²) in [6.07, 6.45) is 7.41. The van der Waals surface area contributed by atoms with Crippen molar-refractivity contribution < 1.29 is 0 Å². The van der Waals surface area contributed by atoms with Crippen LogP contribution in [0.5, 0.6) is 0 Å². The lowest BCUT2D eigenvalue weighted by Gasteiger charge is -2.13. The van der Waals surface area contributed by atoms with Crippen molar-refractivity contribution in [1.82, 2.24) is 0 Å². The fourth-order valence-corrected chi connectivity index (χ4v) is 2.74. The van der Waals surface area contributed by atoms with Crippen molar-refractivity contribution in [3.8, 4) is 0 Å². The highest BCUT2D eigenvalue weighted by atomic mass is 79.9. The summed E-state index contributed by atoms with van der Waals surface area (Å²) in [5.41, 5.74) is 7.22. The molecule has 0 bridgehead atoms. The molecule has 0 spiro atoms. The van der Waals surface area contributed by atoms with Crippen molar-refractivity contribution in [3.05, 3.63) is 33.3 Å². The highest BCUT2D eigenvalue weighted by Gasteiger charge is 2.09. The molecule has 0 saturated carbocycles. The van der Waals surface area contributed by atoms with Gasteiger partial charge in [0.05, 0.1) is 0 Å². The van der Waals surface area contributed by atoms with Gasteiger partial charge in [0.15, 0.2) is 0 Å². The molecule has 0 aromatic heterocycles. The molecule has 96 valence electrons. The molecule has 1 unspecified atom stereocenters. The Morgan fingerprint density at radius 3 is 2.59 bits per heavy atom. The summed E-state index contributed by atoms with van der Waals surface area (Å²) in [5, 5.41) is 0.764. The molecular formula is C14H21BrClN. The van der Waals surface area contributed by atoms with Gasteiger partial charge in [-0.2, -0.15) is 0 Å². The third kappa shape index (κ3) is 5.41. The van der Waals surface area contributed by atoms with E-state index in [0.29, 0.717) is 0 Å². The van der Waals surface area contributed by atoms with E-state index in [9.17, 15) is 0 Å². The van der Waals surface area contributed by atoms with Crippen LogP contribution >= 0.6 is 27.5 Å². The first-order valence-electron chi connectivity index (χ1n) is 6.35. The number of rotatable bonds is 7. The van der Waals surface area contributed by atoms with Gasteiger partial charge in [-0.05, 0) is 24.1 Å². The Balaban J connectivity index is 2.38. The number of halogens is 2. The van der Waals surface area contributed by atoms with Crippen molar-refractivity contribution in [2.45, 2.75) is 51.5 Å². The molecule has 0 aliphatic heterocycles. The maximum Gasteiger partial charge on any atom is 0.0464 e. The summed E-state index contributed by atoms with van der Waals surface area (Å²) >= 11 is 9.58. The molecule has 0 aliphatic carbocycles. The Bertz CT molecular complexity index is 341. The first-order valence-corrected chi connectivity index (χ1v) is 7.52. The fourth-order valence-electron chi connectivity index (χ4n) is 1.93. The number of hydrogen-bond acceptors (Lipinski definition) is 1. The van der Waals surface area contributed by atoms with Gasteiger partial charge in [0, 0.05) is 15.5 Å². The van der Waals surface area contributed by atoms with Crippen LogP contribution in [-0.4, -0.2) is 0 Å². The molecule has 2 N–H and O–H groups in total. The standard InChI is InChI=1S/C14H21BrClN/c1-2-3-4-5-6-7-14(17)12-9-8-11(15)10-13(12)16/h8-10,14H,2-7,17H2,1H3. The zero-order chi connectivity index (χ0) is 12.7. The van der Waals surface area contributed by atoms with Gasteiger partial charge in [0.1, 0.15) is 0 Å². The predicted molar refractivity (Wildman–Crippen MR) is 79.5 cm³/mol. The minimum Gasteiger partial charge on any atom is -0.324 e. The molecule has 1 aromatic rings. The summed E-state index contributed by atoms with van der Waals surface area (Å²) in [6.45, 7) is 2.23. The average Bonchev–Trinajstić information content (AvgIpc) is 2.28. The monoisotopic (exact) mass is 317 g/mol. The van der Waals surface area contributed by atoms with E-state index in [2.05, 4.69) is 22.9 Å². The number of nitrogens with two attached hydrogens (primary N) is 1. The van der Waals surface area contributed by atoms with Gasteiger partial charge in [0.25, 0.3) is 0 Å². The Hall–Kier alpha value is -0.0500. The second-order valence-electron chi connectivity index (χ2n) is 4.48. The summed E-state index contributed by atoms with van der Waals surface area (Å²) in [7, 11) is 0.